The van der Waals surface area contributed by atoms with Gasteiger partial charge in [0, 0.05) is 16.9 Å². The van der Waals surface area contributed by atoms with E-state index in [0.29, 0.717) is 44.6 Å². The van der Waals surface area contributed by atoms with Gasteiger partial charge in [0.05, 0.1) is 26.3 Å². The molecule has 1 aliphatic heterocycles. The first-order chi connectivity index (χ1) is 13.0. The third-order valence-electron chi connectivity index (χ3n) is 4.14. The lowest BCUT2D eigenvalue weighted by atomic mass is 10.0. The van der Waals surface area contributed by atoms with E-state index in [1.807, 2.05) is 0 Å². The molecule has 0 fully saturated rings. The number of hydrogen-bond acceptors (Lipinski definition) is 4. The van der Waals surface area contributed by atoms with Crippen molar-refractivity contribution in [3.8, 4) is 11.1 Å². The number of aromatic nitrogens is 2. The van der Waals surface area contributed by atoms with Crippen LogP contribution in [0.15, 0.2) is 63.6 Å². The van der Waals surface area contributed by atoms with Crippen LogP contribution in [-0.2, 0) is 6.42 Å². The van der Waals surface area contributed by atoms with Gasteiger partial charge in [-0.25, -0.2) is 9.07 Å². The summed E-state index contributed by atoms with van der Waals surface area (Å²) in [5.74, 6) is -0.294. The lowest BCUT2D eigenvalue weighted by Gasteiger charge is -2.20. The molecule has 0 aliphatic carbocycles. The third kappa shape index (κ3) is 3.52. The van der Waals surface area contributed by atoms with Crippen LogP contribution >= 0.6 is 35.0 Å². The highest BCUT2D eigenvalue weighted by Gasteiger charge is 2.23. The van der Waals surface area contributed by atoms with Crippen LogP contribution in [0.4, 0.5) is 4.39 Å². The fourth-order valence-corrected chi connectivity index (χ4v) is 4.40. The first-order valence-electron chi connectivity index (χ1n) is 8.10. The zero-order valence-corrected chi connectivity index (χ0v) is 16.2. The number of benzene rings is 2. The molecule has 0 saturated carbocycles. The standard InChI is InChI=1S/C19H12Cl2FN3OS/c20-11-4-3-5-12(21)17(11)18-14-8-9-16(24-25(14)10-23-19(18)26)27-15-7-2-1-6-13(15)22/h1-7,10H,8-9H2. The van der Waals surface area contributed by atoms with Crippen LogP contribution < -0.4 is 5.56 Å². The smallest absolute Gasteiger partial charge is 0.267 e. The molecule has 8 heteroatoms. The molecule has 2 heterocycles. The highest BCUT2D eigenvalue weighted by molar-refractivity contribution is 8.14. The fourth-order valence-electron chi connectivity index (χ4n) is 2.91. The van der Waals surface area contributed by atoms with Crippen molar-refractivity contribution in [3.63, 3.8) is 0 Å². The second kappa shape index (κ2) is 7.46. The minimum Gasteiger partial charge on any atom is -0.267 e. The average molecular weight is 420 g/mol. The number of thioether (sulfide) groups is 1. The maximum Gasteiger partial charge on any atom is 0.281 e. The van der Waals surface area contributed by atoms with Gasteiger partial charge in [-0.05, 0) is 30.7 Å². The number of fused-ring (bicyclic) bond motifs is 1. The Morgan fingerprint density at radius 1 is 1.00 bits per heavy atom. The van der Waals surface area contributed by atoms with Gasteiger partial charge in [0.15, 0.2) is 0 Å². The molecule has 0 atom stereocenters. The quantitative estimate of drug-likeness (QED) is 0.569. The lowest BCUT2D eigenvalue weighted by molar-refractivity contribution is 0.602. The van der Waals surface area contributed by atoms with E-state index >= 15 is 0 Å². The molecule has 0 radical (unpaired) electrons. The summed E-state index contributed by atoms with van der Waals surface area (Å²) in [6.07, 6.45) is 2.47. The van der Waals surface area contributed by atoms with Crippen LogP contribution in [0, 0.1) is 5.82 Å². The van der Waals surface area contributed by atoms with Crippen molar-refractivity contribution in [2.24, 2.45) is 5.10 Å². The Kier molecular flexibility index (Phi) is 5.04. The van der Waals surface area contributed by atoms with Gasteiger partial charge in [-0.1, -0.05) is 53.2 Å². The molecule has 0 unspecified atom stereocenters. The van der Waals surface area contributed by atoms with Gasteiger partial charge >= 0.3 is 0 Å². The number of hydrogen-bond donors (Lipinski definition) is 0. The van der Waals surface area contributed by atoms with E-state index in [-0.39, 0.29) is 5.82 Å². The summed E-state index contributed by atoms with van der Waals surface area (Å²) in [6, 6.07) is 11.6. The Bertz CT molecular complexity index is 1110. The van der Waals surface area contributed by atoms with Crippen LogP contribution in [0.25, 0.3) is 11.1 Å². The van der Waals surface area contributed by atoms with Gasteiger partial charge in [-0.2, -0.15) is 10.1 Å². The topological polar surface area (TPSA) is 47.2 Å². The third-order valence-corrected chi connectivity index (χ3v) is 5.84. The van der Waals surface area contributed by atoms with Gasteiger partial charge in [-0.3, -0.25) is 4.79 Å². The minimum atomic E-state index is -0.406. The van der Waals surface area contributed by atoms with E-state index in [2.05, 4.69) is 10.1 Å². The molecular formula is C19H12Cl2FN3OS. The summed E-state index contributed by atoms with van der Waals surface area (Å²) in [6.45, 7) is 0. The van der Waals surface area contributed by atoms with Crippen molar-refractivity contribution in [1.82, 2.24) is 9.66 Å². The molecular weight excluding hydrogens is 408 g/mol. The summed E-state index contributed by atoms with van der Waals surface area (Å²) in [5, 5.41) is 6.00. The molecule has 0 saturated heterocycles. The molecule has 2 aromatic carbocycles. The summed E-state index contributed by atoms with van der Waals surface area (Å²) in [7, 11) is 0. The highest BCUT2D eigenvalue weighted by atomic mass is 35.5. The van der Waals surface area contributed by atoms with E-state index in [0.717, 1.165) is 5.04 Å². The number of nitrogens with zero attached hydrogens (tertiary/aromatic N) is 3. The molecule has 136 valence electrons. The van der Waals surface area contributed by atoms with Crippen molar-refractivity contribution in [3.05, 3.63) is 80.7 Å². The van der Waals surface area contributed by atoms with E-state index in [9.17, 15) is 9.18 Å². The number of halogens is 3. The minimum absolute atomic E-state index is 0.294. The number of rotatable bonds is 2. The summed E-state index contributed by atoms with van der Waals surface area (Å²) < 4.78 is 15.4. The van der Waals surface area contributed by atoms with E-state index < -0.39 is 5.56 Å². The first-order valence-corrected chi connectivity index (χ1v) is 9.67. The molecule has 0 bridgehead atoms. The van der Waals surface area contributed by atoms with Crippen LogP contribution in [-0.4, -0.2) is 14.7 Å². The van der Waals surface area contributed by atoms with Gasteiger partial charge in [0.2, 0.25) is 0 Å². The average Bonchev–Trinajstić information content (AvgIpc) is 2.65. The van der Waals surface area contributed by atoms with Gasteiger partial charge < -0.3 is 0 Å². The molecule has 0 amide bonds. The van der Waals surface area contributed by atoms with E-state index in [4.69, 9.17) is 23.2 Å². The molecule has 1 aliphatic rings. The molecule has 27 heavy (non-hydrogen) atoms. The lowest BCUT2D eigenvalue weighted by Crippen LogP contribution is -2.22. The van der Waals surface area contributed by atoms with Crippen molar-refractivity contribution >= 4 is 40.0 Å². The largest absolute Gasteiger partial charge is 0.281 e. The van der Waals surface area contributed by atoms with Crippen LogP contribution in [0.5, 0.6) is 0 Å². The molecule has 0 N–H and O–H groups in total. The molecule has 4 rings (SSSR count). The zero-order valence-electron chi connectivity index (χ0n) is 13.8. The predicted octanol–water partition coefficient (Wildman–Crippen LogP) is 5.26. The van der Waals surface area contributed by atoms with Gasteiger partial charge in [0.1, 0.15) is 12.1 Å². The predicted molar refractivity (Wildman–Crippen MR) is 107 cm³/mol. The van der Waals surface area contributed by atoms with Gasteiger partial charge in [-0.15, -0.1) is 0 Å². The van der Waals surface area contributed by atoms with Gasteiger partial charge in [0.25, 0.3) is 5.56 Å². The molecule has 0 spiro atoms. The first kappa shape index (κ1) is 18.2. The SMILES string of the molecule is O=c1ncn2c(c1-c1c(Cl)cccc1Cl)CCC(Sc1ccccc1F)=N2. The van der Waals surface area contributed by atoms with E-state index in [1.165, 1.54) is 24.2 Å². The molecule has 4 nitrogen and oxygen atoms in total. The maximum atomic E-state index is 13.9. The summed E-state index contributed by atoms with van der Waals surface area (Å²) >= 11 is 13.8. The summed E-state index contributed by atoms with van der Waals surface area (Å²) in [4.78, 5) is 16.9. The summed E-state index contributed by atoms with van der Waals surface area (Å²) in [5.41, 5.74) is 1.09. The Hall–Kier alpha value is -2.15. The highest BCUT2D eigenvalue weighted by Crippen LogP contribution is 2.36. The van der Waals surface area contributed by atoms with Crippen LogP contribution in [0.3, 0.4) is 0 Å². The Morgan fingerprint density at radius 2 is 1.74 bits per heavy atom. The zero-order chi connectivity index (χ0) is 19.0. The monoisotopic (exact) mass is 419 g/mol. The van der Waals surface area contributed by atoms with E-state index in [1.54, 1.807) is 41.1 Å². The molecule has 1 aromatic heterocycles. The fraction of sp³-hybridized carbons (Fsp3) is 0.105. The van der Waals surface area contributed by atoms with Crippen molar-refractivity contribution < 1.29 is 4.39 Å². The second-order valence-corrected chi connectivity index (χ2v) is 7.77. The Labute approximate surface area is 168 Å². The Balaban J connectivity index is 1.79. The second-order valence-electron chi connectivity index (χ2n) is 5.84. The molecule has 3 aromatic rings. The van der Waals surface area contributed by atoms with Crippen LogP contribution in [0.2, 0.25) is 10.0 Å². The van der Waals surface area contributed by atoms with Crippen molar-refractivity contribution in [2.75, 3.05) is 0 Å². The van der Waals surface area contributed by atoms with Crippen molar-refractivity contribution in [1.29, 1.82) is 0 Å². The Morgan fingerprint density at radius 3 is 2.48 bits per heavy atom. The van der Waals surface area contributed by atoms with Crippen molar-refractivity contribution in [2.45, 2.75) is 17.7 Å². The normalized spacial score (nSPS) is 13.2. The maximum absolute atomic E-state index is 13.9. The van der Waals surface area contributed by atoms with Crippen LogP contribution in [0.1, 0.15) is 12.1 Å².